The standard InChI is InChI=1S/C10H6BrNO2/c11-7-1-2-8-6(3-7)4-10(14)9(5-13)12-8/h1-5,14H. The third kappa shape index (κ3) is 1.48. The van der Waals surface area contributed by atoms with E-state index in [-0.39, 0.29) is 11.4 Å². The zero-order chi connectivity index (χ0) is 10.1. The van der Waals surface area contributed by atoms with Gasteiger partial charge in [-0.3, -0.25) is 4.79 Å². The molecule has 14 heavy (non-hydrogen) atoms. The zero-order valence-corrected chi connectivity index (χ0v) is 8.65. The van der Waals surface area contributed by atoms with Crippen molar-refractivity contribution in [1.29, 1.82) is 0 Å². The van der Waals surface area contributed by atoms with Crippen molar-refractivity contribution in [1.82, 2.24) is 4.98 Å². The Morgan fingerprint density at radius 1 is 1.36 bits per heavy atom. The van der Waals surface area contributed by atoms with Crippen LogP contribution in [0.25, 0.3) is 10.9 Å². The summed E-state index contributed by atoms with van der Waals surface area (Å²) < 4.78 is 0.907. The molecule has 0 aliphatic rings. The van der Waals surface area contributed by atoms with E-state index in [0.29, 0.717) is 11.8 Å². The van der Waals surface area contributed by atoms with Crippen LogP contribution in [0, 0.1) is 0 Å². The molecule has 1 aromatic carbocycles. The van der Waals surface area contributed by atoms with Crippen molar-refractivity contribution in [3.63, 3.8) is 0 Å². The minimum Gasteiger partial charge on any atom is -0.506 e. The molecule has 0 aliphatic carbocycles. The maximum absolute atomic E-state index is 10.5. The van der Waals surface area contributed by atoms with Gasteiger partial charge in [0.1, 0.15) is 11.4 Å². The predicted molar refractivity (Wildman–Crippen MR) is 56.5 cm³/mol. The largest absolute Gasteiger partial charge is 0.506 e. The third-order valence-corrected chi connectivity index (χ3v) is 2.39. The van der Waals surface area contributed by atoms with E-state index in [1.165, 1.54) is 6.07 Å². The Labute approximate surface area is 88.5 Å². The first-order valence-electron chi connectivity index (χ1n) is 3.95. The number of aromatic nitrogens is 1. The van der Waals surface area contributed by atoms with Crippen molar-refractivity contribution < 1.29 is 9.90 Å². The van der Waals surface area contributed by atoms with Crippen LogP contribution in [0.15, 0.2) is 28.7 Å². The molecule has 2 rings (SSSR count). The van der Waals surface area contributed by atoms with Crippen molar-refractivity contribution in [2.75, 3.05) is 0 Å². The number of aromatic hydroxyl groups is 1. The minimum atomic E-state index is -0.0920. The number of aldehydes is 1. The van der Waals surface area contributed by atoms with Crippen LogP contribution < -0.4 is 0 Å². The molecule has 0 fully saturated rings. The second-order valence-electron chi connectivity index (χ2n) is 2.85. The number of fused-ring (bicyclic) bond motifs is 1. The molecular formula is C10H6BrNO2. The summed E-state index contributed by atoms with van der Waals surface area (Å²) in [5, 5.41) is 10.2. The second kappa shape index (κ2) is 3.38. The fourth-order valence-electron chi connectivity index (χ4n) is 1.24. The highest BCUT2D eigenvalue weighted by Gasteiger charge is 2.04. The molecule has 2 aromatic rings. The summed E-state index contributed by atoms with van der Waals surface area (Å²) in [4.78, 5) is 14.5. The lowest BCUT2D eigenvalue weighted by Gasteiger charge is -2.01. The second-order valence-corrected chi connectivity index (χ2v) is 3.76. The molecule has 1 heterocycles. The van der Waals surface area contributed by atoms with Crippen LogP contribution >= 0.6 is 15.9 Å². The normalized spacial score (nSPS) is 10.4. The molecule has 0 radical (unpaired) electrons. The topological polar surface area (TPSA) is 50.2 Å². The quantitative estimate of drug-likeness (QED) is 0.793. The molecule has 0 amide bonds. The molecule has 1 N–H and O–H groups in total. The van der Waals surface area contributed by atoms with Gasteiger partial charge in [0.05, 0.1) is 5.52 Å². The molecule has 0 saturated carbocycles. The molecule has 0 atom stereocenters. The Kier molecular flexibility index (Phi) is 2.21. The highest BCUT2D eigenvalue weighted by atomic mass is 79.9. The van der Waals surface area contributed by atoms with E-state index >= 15 is 0 Å². The fraction of sp³-hybridized carbons (Fsp3) is 0. The van der Waals surface area contributed by atoms with Crippen LogP contribution in [-0.2, 0) is 0 Å². The lowest BCUT2D eigenvalue weighted by atomic mass is 10.2. The van der Waals surface area contributed by atoms with Gasteiger partial charge >= 0.3 is 0 Å². The van der Waals surface area contributed by atoms with Crippen molar-refractivity contribution in [3.05, 3.63) is 34.4 Å². The summed E-state index contributed by atoms with van der Waals surface area (Å²) in [6, 6.07) is 6.97. The van der Waals surface area contributed by atoms with E-state index < -0.39 is 0 Å². The van der Waals surface area contributed by atoms with E-state index in [1.54, 1.807) is 6.07 Å². The van der Waals surface area contributed by atoms with Crippen LogP contribution in [0.2, 0.25) is 0 Å². The minimum absolute atomic E-state index is 0.0693. The monoisotopic (exact) mass is 251 g/mol. The number of rotatable bonds is 1. The van der Waals surface area contributed by atoms with Crippen LogP contribution in [0.3, 0.4) is 0 Å². The molecular weight excluding hydrogens is 246 g/mol. The Bertz CT molecular complexity index is 511. The maximum Gasteiger partial charge on any atom is 0.172 e. The molecule has 4 heteroatoms. The van der Waals surface area contributed by atoms with Gasteiger partial charge in [-0.15, -0.1) is 0 Å². The van der Waals surface area contributed by atoms with E-state index in [0.717, 1.165) is 9.86 Å². The van der Waals surface area contributed by atoms with Gasteiger partial charge in [-0.25, -0.2) is 4.98 Å². The van der Waals surface area contributed by atoms with E-state index in [1.807, 2.05) is 12.1 Å². The number of benzene rings is 1. The maximum atomic E-state index is 10.5. The summed E-state index contributed by atoms with van der Waals surface area (Å²) in [6.45, 7) is 0. The highest BCUT2D eigenvalue weighted by molar-refractivity contribution is 9.10. The summed E-state index contributed by atoms with van der Waals surface area (Å²) in [7, 11) is 0. The Balaban J connectivity index is 2.79. The summed E-state index contributed by atoms with van der Waals surface area (Å²) in [6.07, 6.45) is 0.539. The van der Waals surface area contributed by atoms with Gasteiger partial charge in [-0.2, -0.15) is 0 Å². The Morgan fingerprint density at radius 2 is 2.14 bits per heavy atom. The van der Waals surface area contributed by atoms with E-state index in [2.05, 4.69) is 20.9 Å². The van der Waals surface area contributed by atoms with E-state index in [9.17, 15) is 9.90 Å². The van der Waals surface area contributed by atoms with Crippen LogP contribution in [-0.4, -0.2) is 16.4 Å². The number of carbonyl (C=O) groups is 1. The first-order valence-corrected chi connectivity index (χ1v) is 4.74. The van der Waals surface area contributed by atoms with Crippen molar-refractivity contribution in [3.8, 4) is 5.75 Å². The smallest absolute Gasteiger partial charge is 0.172 e. The average Bonchev–Trinajstić information content (AvgIpc) is 2.16. The first-order chi connectivity index (χ1) is 6.70. The zero-order valence-electron chi connectivity index (χ0n) is 7.07. The van der Waals surface area contributed by atoms with Crippen molar-refractivity contribution >= 4 is 33.1 Å². The van der Waals surface area contributed by atoms with Gasteiger partial charge in [0, 0.05) is 9.86 Å². The molecule has 0 saturated heterocycles. The summed E-state index contributed by atoms with van der Waals surface area (Å²) in [5.41, 5.74) is 0.757. The molecule has 1 aromatic heterocycles. The lowest BCUT2D eigenvalue weighted by Crippen LogP contribution is -1.88. The average molecular weight is 252 g/mol. The lowest BCUT2D eigenvalue weighted by molar-refractivity contribution is 0.111. The van der Waals surface area contributed by atoms with Gasteiger partial charge < -0.3 is 5.11 Å². The third-order valence-electron chi connectivity index (χ3n) is 1.90. The molecule has 3 nitrogen and oxygen atoms in total. The Hall–Kier alpha value is -1.42. The molecule has 0 spiro atoms. The van der Waals surface area contributed by atoms with Gasteiger partial charge in [0.25, 0.3) is 0 Å². The van der Waals surface area contributed by atoms with Crippen LogP contribution in [0.4, 0.5) is 0 Å². The fourth-order valence-corrected chi connectivity index (χ4v) is 1.62. The number of nitrogens with zero attached hydrogens (tertiary/aromatic N) is 1. The Morgan fingerprint density at radius 3 is 2.86 bits per heavy atom. The van der Waals surface area contributed by atoms with Crippen LogP contribution in [0.1, 0.15) is 10.5 Å². The van der Waals surface area contributed by atoms with Gasteiger partial charge in [0.2, 0.25) is 0 Å². The van der Waals surface area contributed by atoms with Crippen molar-refractivity contribution in [2.45, 2.75) is 0 Å². The molecule has 0 aliphatic heterocycles. The van der Waals surface area contributed by atoms with Gasteiger partial charge in [-0.1, -0.05) is 15.9 Å². The number of pyridine rings is 1. The number of carbonyl (C=O) groups excluding carboxylic acids is 1. The first kappa shape index (κ1) is 9.15. The molecule has 70 valence electrons. The predicted octanol–water partition coefficient (Wildman–Crippen LogP) is 2.52. The van der Waals surface area contributed by atoms with Gasteiger partial charge in [-0.05, 0) is 24.3 Å². The number of halogens is 1. The molecule has 0 unspecified atom stereocenters. The van der Waals surface area contributed by atoms with E-state index in [4.69, 9.17) is 0 Å². The molecule has 0 bridgehead atoms. The van der Waals surface area contributed by atoms with Crippen molar-refractivity contribution in [2.24, 2.45) is 0 Å². The van der Waals surface area contributed by atoms with Gasteiger partial charge in [0.15, 0.2) is 6.29 Å². The number of hydrogen-bond donors (Lipinski definition) is 1. The summed E-state index contributed by atoms with van der Waals surface area (Å²) in [5.74, 6) is -0.0920. The SMILES string of the molecule is O=Cc1nc2ccc(Br)cc2cc1O. The van der Waals surface area contributed by atoms with Crippen LogP contribution in [0.5, 0.6) is 5.75 Å². The highest BCUT2D eigenvalue weighted by Crippen LogP contribution is 2.23. The number of hydrogen-bond acceptors (Lipinski definition) is 3. The summed E-state index contributed by atoms with van der Waals surface area (Å²) >= 11 is 3.31.